The molecular weight excluding hydrogens is 324 g/mol. The number of carboxylic acids is 1. The molecule has 0 heterocycles. The van der Waals surface area contributed by atoms with Gasteiger partial charge in [-0.25, -0.2) is 0 Å². The topological polar surface area (TPSA) is 55.8 Å². The highest BCUT2D eigenvalue weighted by Gasteiger charge is 2.45. The number of hydrogen-bond donors (Lipinski definition) is 1. The summed E-state index contributed by atoms with van der Waals surface area (Å²) in [5.41, 5.74) is -0.191. The Hall–Kier alpha value is -1.23. The number of methoxy groups -OCH3 is 2. The van der Waals surface area contributed by atoms with Crippen LogP contribution in [-0.2, 0) is 10.2 Å². The molecule has 0 amide bonds. The zero-order valence-electron chi connectivity index (χ0n) is 11.7. The lowest BCUT2D eigenvalue weighted by molar-refractivity contribution is -0.145. The van der Waals surface area contributed by atoms with Crippen molar-refractivity contribution in [1.29, 1.82) is 0 Å². The molecule has 0 saturated heterocycles. The Labute approximate surface area is 127 Å². The Kier molecular flexibility index (Phi) is 4.58. The fourth-order valence-electron chi connectivity index (χ4n) is 3.04. The maximum absolute atomic E-state index is 12.0. The molecular formula is C15H19BrO4. The second kappa shape index (κ2) is 6.04. The van der Waals surface area contributed by atoms with Gasteiger partial charge in [0.25, 0.3) is 0 Å². The van der Waals surface area contributed by atoms with Crippen LogP contribution in [0.2, 0.25) is 0 Å². The summed E-state index contributed by atoms with van der Waals surface area (Å²) in [6.07, 6.45) is 4.17. The molecule has 1 saturated carbocycles. The van der Waals surface area contributed by atoms with Crippen molar-refractivity contribution in [1.82, 2.24) is 0 Å². The van der Waals surface area contributed by atoms with Crippen molar-refractivity contribution in [2.75, 3.05) is 14.2 Å². The number of hydrogen-bond acceptors (Lipinski definition) is 3. The van der Waals surface area contributed by atoms with Gasteiger partial charge in [0, 0.05) is 5.56 Å². The molecule has 0 aromatic heterocycles. The van der Waals surface area contributed by atoms with Gasteiger partial charge < -0.3 is 14.6 Å². The highest BCUT2D eigenvalue weighted by atomic mass is 79.9. The number of ether oxygens (including phenoxy) is 2. The van der Waals surface area contributed by atoms with Gasteiger partial charge >= 0.3 is 5.97 Å². The lowest BCUT2D eigenvalue weighted by Gasteiger charge is -2.35. The van der Waals surface area contributed by atoms with Crippen LogP contribution in [0.25, 0.3) is 0 Å². The standard InChI is InChI=1S/C15H19BrO4/c1-19-10-6-7-11(20-2)13(16)12(10)15(14(17)18)8-4-3-5-9-15/h6-7H,3-5,8-9H2,1-2H3,(H,17,18). The number of halogens is 1. The predicted molar refractivity (Wildman–Crippen MR) is 79.6 cm³/mol. The van der Waals surface area contributed by atoms with Crippen LogP contribution in [0.3, 0.4) is 0 Å². The Morgan fingerprint density at radius 3 is 2.20 bits per heavy atom. The Morgan fingerprint density at radius 1 is 1.15 bits per heavy atom. The Bertz CT molecular complexity index is 507. The number of aliphatic carboxylic acids is 1. The summed E-state index contributed by atoms with van der Waals surface area (Å²) in [4.78, 5) is 12.0. The molecule has 2 rings (SSSR count). The van der Waals surface area contributed by atoms with Crippen molar-refractivity contribution in [2.24, 2.45) is 0 Å². The molecule has 1 aromatic carbocycles. The minimum absolute atomic E-state index is 0.599. The first-order chi connectivity index (χ1) is 9.56. The van der Waals surface area contributed by atoms with E-state index in [1.165, 1.54) is 0 Å². The highest BCUT2D eigenvalue weighted by molar-refractivity contribution is 9.10. The second-order valence-corrected chi connectivity index (χ2v) is 5.90. The molecule has 0 atom stereocenters. The first kappa shape index (κ1) is 15.2. The summed E-state index contributed by atoms with van der Waals surface area (Å²) >= 11 is 3.50. The molecule has 0 spiro atoms. The van der Waals surface area contributed by atoms with Gasteiger partial charge in [-0.05, 0) is 40.9 Å². The molecule has 5 heteroatoms. The van der Waals surface area contributed by atoms with E-state index in [1.807, 2.05) is 0 Å². The normalized spacial score (nSPS) is 17.6. The monoisotopic (exact) mass is 342 g/mol. The van der Waals surface area contributed by atoms with E-state index >= 15 is 0 Å². The van der Waals surface area contributed by atoms with Crippen LogP contribution in [0.15, 0.2) is 16.6 Å². The van der Waals surface area contributed by atoms with E-state index in [9.17, 15) is 9.90 Å². The molecule has 1 fully saturated rings. The summed E-state index contributed by atoms with van der Waals surface area (Å²) in [5, 5.41) is 9.83. The van der Waals surface area contributed by atoms with Crippen LogP contribution in [0.4, 0.5) is 0 Å². The van der Waals surface area contributed by atoms with Crippen molar-refractivity contribution in [2.45, 2.75) is 37.5 Å². The minimum atomic E-state index is -0.892. The lowest BCUT2D eigenvalue weighted by atomic mass is 9.69. The summed E-state index contributed by atoms with van der Waals surface area (Å²) in [7, 11) is 3.14. The van der Waals surface area contributed by atoms with Crippen LogP contribution < -0.4 is 9.47 Å². The van der Waals surface area contributed by atoms with Gasteiger partial charge in [0.2, 0.25) is 0 Å². The van der Waals surface area contributed by atoms with E-state index in [2.05, 4.69) is 15.9 Å². The van der Waals surface area contributed by atoms with E-state index < -0.39 is 11.4 Å². The molecule has 0 aliphatic heterocycles. The van der Waals surface area contributed by atoms with Crippen LogP contribution in [0, 0.1) is 0 Å². The second-order valence-electron chi connectivity index (χ2n) is 5.11. The zero-order valence-corrected chi connectivity index (χ0v) is 13.3. The quantitative estimate of drug-likeness (QED) is 0.905. The van der Waals surface area contributed by atoms with Gasteiger partial charge in [-0.1, -0.05) is 19.3 Å². The fourth-order valence-corrected chi connectivity index (χ4v) is 3.91. The smallest absolute Gasteiger partial charge is 0.314 e. The summed E-state index contributed by atoms with van der Waals surface area (Å²) < 4.78 is 11.4. The van der Waals surface area contributed by atoms with Crippen LogP contribution in [0.5, 0.6) is 11.5 Å². The van der Waals surface area contributed by atoms with Crippen molar-refractivity contribution in [3.63, 3.8) is 0 Å². The molecule has 0 radical (unpaired) electrons. The van der Waals surface area contributed by atoms with Gasteiger partial charge in [-0.3, -0.25) is 4.79 Å². The summed E-state index contributed by atoms with van der Waals surface area (Å²) in [5.74, 6) is 0.443. The minimum Gasteiger partial charge on any atom is -0.496 e. The van der Waals surface area contributed by atoms with Crippen LogP contribution >= 0.6 is 15.9 Å². The number of rotatable bonds is 4. The van der Waals surface area contributed by atoms with E-state index in [0.29, 0.717) is 34.4 Å². The predicted octanol–water partition coefficient (Wildman–Crippen LogP) is 3.75. The summed E-state index contributed by atoms with van der Waals surface area (Å²) in [6.45, 7) is 0. The molecule has 4 nitrogen and oxygen atoms in total. The lowest BCUT2D eigenvalue weighted by Crippen LogP contribution is -2.38. The largest absolute Gasteiger partial charge is 0.496 e. The van der Waals surface area contributed by atoms with Crippen molar-refractivity contribution >= 4 is 21.9 Å². The number of carbonyl (C=O) groups is 1. The summed E-state index contributed by atoms with van der Waals surface area (Å²) in [6, 6.07) is 3.56. The molecule has 0 bridgehead atoms. The van der Waals surface area contributed by atoms with E-state index in [4.69, 9.17) is 9.47 Å². The van der Waals surface area contributed by atoms with Crippen molar-refractivity contribution < 1.29 is 19.4 Å². The van der Waals surface area contributed by atoms with Gasteiger partial charge in [0.05, 0.1) is 24.1 Å². The molecule has 1 aliphatic carbocycles. The first-order valence-electron chi connectivity index (χ1n) is 6.71. The maximum Gasteiger partial charge on any atom is 0.314 e. The average molecular weight is 343 g/mol. The SMILES string of the molecule is COc1ccc(OC)c(C2(C(=O)O)CCCCC2)c1Br. The van der Waals surface area contributed by atoms with Gasteiger partial charge in [0.1, 0.15) is 11.5 Å². The van der Waals surface area contributed by atoms with Crippen LogP contribution in [-0.4, -0.2) is 25.3 Å². The highest BCUT2D eigenvalue weighted by Crippen LogP contribution is 2.49. The Balaban J connectivity index is 2.66. The van der Waals surface area contributed by atoms with Gasteiger partial charge in [-0.2, -0.15) is 0 Å². The third-order valence-electron chi connectivity index (χ3n) is 4.10. The maximum atomic E-state index is 12.0. The van der Waals surface area contributed by atoms with Gasteiger partial charge in [-0.15, -0.1) is 0 Å². The average Bonchev–Trinajstić information content (AvgIpc) is 2.47. The molecule has 1 N–H and O–H groups in total. The van der Waals surface area contributed by atoms with Crippen molar-refractivity contribution in [3.05, 3.63) is 22.2 Å². The van der Waals surface area contributed by atoms with Gasteiger partial charge in [0.15, 0.2) is 0 Å². The van der Waals surface area contributed by atoms with Crippen LogP contribution in [0.1, 0.15) is 37.7 Å². The van der Waals surface area contributed by atoms with Crippen molar-refractivity contribution in [3.8, 4) is 11.5 Å². The molecule has 20 heavy (non-hydrogen) atoms. The Morgan fingerprint density at radius 2 is 1.70 bits per heavy atom. The third kappa shape index (κ3) is 2.39. The fraction of sp³-hybridized carbons (Fsp3) is 0.533. The van der Waals surface area contributed by atoms with E-state index in [-0.39, 0.29) is 0 Å². The molecule has 1 aromatic rings. The molecule has 0 unspecified atom stereocenters. The van der Waals surface area contributed by atoms with E-state index in [1.54, 1.807) is 26.4 Å². The number of carboxylic acid groups (broad SMARTS) is 1. The zero-order chi connectivity index (χ0) is 14.8. The third-order valence-corrected chi connectivity index (χ3v) is 4.89. The van der Waals surface area contributed by atoms with E-state index in [0.717, 1.165) is 19.3 Å². The molecule has 110 valence electrons. The number of benzene rings is 1. The molecule has 1 aliphatic rings. The first-order valence-corrected chi connectivity index (χ1v) is 7.50.